The van der Waals surface area contributed by atoms with Crippen molar-refractivity contribution in [2.75, 3.05) is 0 Å². The highest BCUT2D eigenvalue weighted by Crippen LogP contribution is 2.40. The maximum Gasteiger partial charge on any atom is 0.0957 e. The van der Waals surface area contributed by atoms with Gasteiger partial charge in [0.25, 0.3) is 0 Å². The van der Waals surface area contributed by atoms with Crippen LogP contribution in [0.15, 0.2) is 102 Å². The summed E-state index contributed by atoms with van der Waals surface area (Å²) in [6.07, 6.45) is 6.35. The lowest BCUT2D eigenvalue weighted by molar-refractivity contribution is 1.25. The molecule has 0 saturated heterocycles. The highest BCUT2D eigenvalue weighted by Gasteiger charge is 2.22. The molecule has 9 rings (SSSR count). The Morgan fingerprint density at radius 3 is 1.90 bits per heavy atom. The summed E-state index contributed by atoms with van der Waals surface area (Å²) in [7, 11) is 0. The molecule has 1 aliphatic rings. The number of benzene rings is 5. The van der Waals surface area contributed by atoms with Crippen LogP contribution < -0.4 is 10.6 Å². The van der Waals surface area contributed by atoms with Crippen LogP contribution in [0.25, 0.3) is 65.9 Å². The molecule has 5 aromatic carbocycles. The molecule has 4 heterocycles. The van der Waals surface area contributed by atoms with Crippen LogP contribution in [-0.2, 0) is 0 Å². The Balaban J connectivity index is 1.45. The summed E-state index contributed by atoms with van der Waals surface area (Å²) in [6.45, 7) is 6.61. The number of nitrogens with zero attached hydrogens (tertiary/aromatic N) is 1. The maximum absolute atomic E-state index is 5.41. The number of rotatable bonds is 2. The van der Waals surface area contributed by atoms with Crippen molar-refractivity contribution in [3.63, 3.8) is 0 Å². The van der Waals surface area contributed by atoms with E-state index in [9.17, 15) is 0 Å². The summed E-state index contributed by atoms with van der Waals surface area (Å²) in [5.41, 5.74) is 11.5. The molecule has 42 heavy (non-hydrogen) atoms. The summed E-state index contributed by atoms with van der Waals surface area (Å²) in [4.78, 5) is 16.3. The minimum Gasteiger partial charge on any atom is -0.359 e. The van der Waals surface area contributed by atoms with Gasteiger partial charge in [-0.15, -0.1) is 0 Å². The van der Waals surface area contributed by atoms with E-state index in [0.717, 1.165) is 38.9 Å². The summed E-state index contributed by atoms with van der Waals surface area (Å²) >= 11 is 0. The van der Waals surface area contributed by atoms with Crippen molar-refractivity contribution < 1.29 is 0 Å². The van der Waals surface area contributed by atoms with Gasteiger partial charge < -0.3 is 15.0 Å². The molecule has 3 N–H and O–H groups in total. The number of aryl methyl sites for hydroxylation is 3. The Bertz CT molecular complexity index is 2580. The van der Waals surface area contributed by atoms with Gasteiger partial charge in [-0.3, -0.25) is 0 Å². The normalized spacial score (nSPS) is 14.3. The first-order valence-corrected chi connectivity index (χ1v) is 14.5. The molecule has 0 saturated carbocycles. The largest absolute Gasteiger partial charge is 0.359 e. The predicted molar refractivity (Wildman–Crippen MR) is 175 cm³/mol. The van der Waals surface area contributed by atoms with Gasteiger partial charge in [-0.25, -0.2) is 4.99 Å². The van der Waals surface area contributed by atoms with Crippen LogP contribution >= 0.6 is 0 Å². The van der Waals surface area contributed by atoms with Crippen molar-refractivity contribution in [1.29, 1.82) is 0 Å². The molecule has 4 nitrogen and oxygen atoms in total. The minimum absolute atomic E-state index is 0.978. The van der Waals surface area contributed by atoms with E-state index in [1.165, 1.54) is 65.2 Å². The van der Waals surface area contributed by atoms with Crippen LogP contribution in [0.2, 0.25) is 0 Å². The van der Waals surface area contributed by atoms with Crippen molar-refractivity contribution in [3.8, 4) is 0 Å². The van der Waals surface area contributed by atoms with Crippen LogP contribution in [0.5, 0.6) is 0 Å². The summed E-state index contributed by atoms with van der Waals surface area (Å²) in [5.74, 6) is 0. The molecule has 0 amide bonds. The highest BCUT2D eigenvalue weighted by atomic mass is 14.8. The third kappa shape index (κ3) is 3.09. The average Bonchev–Trinajstić information content (AvgIpc) is 3.80. The SMILES string of the molecule is Cc1cc(C)c(/C(=C2\C=c3c(c4[nH]ccc4c4ccccc34)=N2)c2cc3c4ccccc4c4cc[nH]c4c3[nH]2)c(C)c1. The second-order valence-corrected chi connectivity index (χ2v) is 11.6. The van der Waals surface area contributed by atoms with Gasteiger partial charge in [0.2, 0.25) is 0 Å². The molecule has 4 heteroatoms. The first-order chi connectivity index (χ1) is 20.6. The Kier molecular flexibility index (Phi) is 4.64. The van der Waals surface area contributed by atoms with Crippen LogP contribution in [-0.4, -0.2) is 15.0 Å². The molecule has 3 aromatic heterocycles. The molecule has 200 valence electrons. The number of hydrogen-bond acceptors (Lipinski definition) is 1. The zero-order valence-electron chi connectivity index (χ0n) is 23.7. The number of hydrogen-bond donors (Lipinski definition) is 3. The number of aromatic amines is 3. The van der Waals surface area contributed by atoms with E-state index in [4.69, 9.17) is 4.99 Å². The molecule has 1 aliphatic heterocycles. The van der Waals surface area contributed by atoms with E-state index in [-0.39, 0.29) is 0 Å². The second-order valence-electron chi connectivity index (χ2n) is 11.6. The van der Waals surface area contributed by atoms with Crippen LogP contribution in [0.1, 0.15) is 27.9 Å². The topological polar surface area (TPSA) is 59.7 Å². The van der Waals surface area contributed by atoms with E-state index in [0.29, 0.717) is 0 Å². The molecule has 0 radical (unpaired) electrons. The van der Waals surface area contributed by atoms with Crippen molar-refractivity contribution in [2.24, 2.45) is 4.99 Å². The minimum atomic E-state index is 0.978. The number of fused-ring (bicyclic) bond motifs is 12. The molecule has 0 spiro atoms. The van der Waals surface area contributed by atoms with E-state index >= 15 is 0 Å². The van der Waals surface area contributed by atoms with E-state index in [2.05, 4.69) is 121 Å². The lowest BCUT2D eigenvalue weighted by Gasteiger charge is -2.16. The van der Waals surface area contributed by atoms with E-state index in [1.807, 2.05) is 12.4 Å². The molecule has 0 atom stereocenters. The van der Waals surface area contributed by atoms with E-state index < -0.39 is 0 Å². The Hall–Kier alpha value is -5.35. The van der Waals surface area contributed by atoms with Crippen molar-refractivity contribution >= 4 is 65.9 Å². The number of H-pyrrole nitrogens is 3. The fourth-order valence-electron chi connectivity index (χ4n) is 7.41. The zero-order chi connectivity index (χ0) is 28.1. The summed E-state index contributed by atoms with van der Waals surface area (Å²) < 4.78 is 0. The Morgan fingerprint density at radius 1 is 0.595 bits per heavy atom. The highest BCUT2D eigenvalue weighted by molar-refractivity contribution is 6.24. The number of nitrogens with one attached hydrogen (secondary N) is 3. The van der Waals surface area contributed by atoms with Crippen molar-refractivity contribution in [1.82, 2.24) is 15.0 Å². The maximum atomic E-state index is 5.41. The van der Waals surface area contributed by atoms with Gasteiger partial charge in [0.1, 0.15) is 0 Å². The molecule has 0 fully saturated rings. The monoisotopic (exact) mass is 540 g/mol. The van der Waals surface area contributed by atoms with Gasteiger partial charge >= 0.3 is 0 Å². The van der Waals surface area contributed by atoms with Crippen molar-refractivity contribution in [2.45, 2.75) is 20.8 Å². The summed E-state index contributed by atoms with van der Waals surface area (Å²) in [5, 5.41) is 10.8. The molecule has 8 aromatic rings. The van der Waals surface area contributed by atoms with Crippen LogP contribution in [0.4, 0.5) is 0 Å². The molecular formula is C38H28N4. The molecule has 0 unspecified atom stereocenters. The lowest BCUT2D eigenvalue weighted by Crippen LogP contribution is -2.23. The fourth-order valence-corrected chi connectivity index (χ4v) is 7.41. The van der Waals surface area contributed by atoms with Crippen LogP contribution in [0, 0.1) is 20.8 Å². The first-order valence-electron chi connectivity index (χ1n) is 14.5. The second kappa shape index (κ2) is 8.34. The third-order valence-electron chi connectivity index (χ3n) is 9.03. The van der Waals surface area contributed by atoms with Gasteiger partial charge in [0, 0.05) is 45.0 Å². The Labute approximate surface area is 241 Å². The van der Waals surface area contributed by atoms with Gasteiger partial charge in [0.05, 0.1) is 27.6 Å². The number of aromatic nitrogens is 3. The third-order valence-corrected chi connectivity index (χ3v) is 9.03. The van der Waals surface area contributed by atoms with Crippen molar-refractivity contribution in [3.05, 3.63) is 135 Å². The molecular weight excluding hydrogens is 512 g/mol. The van der Waals surface area contributed by atoms with Crippen LogP contribution in [0.3, 0.4) is 0 Å². The lowest BCUT2D eigenvalue weighted by atomic mass is 9.90. The summed E-state index contributed by atoms with van der Waals surface area (Å²) in [6, 6.07) is 28.6. The van der Waals surface area contributed by atoms with Gasteiger partial charge in [-0.2, -0.15) is 0 Å². The number of allylic oxidation sites excluding steroid dienone is 1. The average molecular weight is 541 g/mol. The predicted octanol–water partition coefficient (Wildman–Crippen LogP) is 8.24. The molecule has 0 bridgehead atoms. The zero-order valence-corrected chi connectivity index (χ0v) is 23.7. The fraction of sp³-hybridized carbons (Fsp3) is 0.0789. The van der Waals surface area contributed by atoms with Gasteiger partial charge in [-0.1, -0.05) is 66.2 Å². The smallest absolute Gasteiger partial charge is 0.0957 e. The Morgan fingerprint density at radius 2 is 1.19 bits per heavy atom. The molecule has 0 aliphatic carbocycles. The first kappa shape index (κ1) is 23.4. The van der Waals surface area contributed by atoms with Gasteiger partial charge in [0.15, 0.2) is 0 Å². The standard InChI is InChI=1S/C38H28N4/c1-20-16-21(2)33(22(3)17-20)34(31-18-29-25-10-6-4-8-23(25)27-12-14-39-35(27)37(29)41-31)32-19-30-26-11-7-5-9-24(26)28-13-15-40-36(28)38(30)42-32/h4-19,39-41H,1-3H3/b34-32+. The van der Waals surface area contributed by atoms with Gasteiger partial charge in [-0.05, 0) is 83.3 Å². The van der Waals surface area contributed by atoms with E-state index in [1.54, 1.807) is 0 Å². The quantitative estimate of drug-likeness (QED) is 0.198.